The van der Waals surface area contributed by atoms with Crippen molar-refractivity contribution in [2.24, 2.45) is 0 Å². The number of methoxy groups -OCH3 is 2. The van der Waals surface area contributed by atoms with E-state index >= 15 is 0 Å². The highest BCUT2D eigenvalue weighted by Crippen LogP contribution is 2.54. The van der Waals surface area contributed by atoms with Crippen molar-refractivity contribution in [1.82, 2.24) is 0 Å². The van der Waals surface area contributed by atoms with Crippen molar-refractivity contribution in [3.05, 3.63) is 162 Å². The lowest BCUT2D eigenvalue weighted by Crippen LogP contribution is -2.26. The number of unbranched alkanes of at least 4 members (excludes halogenated alkanes) is 4. The molecule has 350 valence electrons. The molecule has 6 nitrogen and oxygen atoms in total. The molecule has 0 aliphatic carbocycles. The van der Waals surface area contributed by atoms with Crippen LogP contribution < -0.4 is 19.3 Å². The number of ether oxygens (including phenoxy) is 3. The fourth-order valence-electron chi connectivity index (χ4n) is 8.72. The van der Waals surface area contributed by atoms with E-state index in [-0.39, 0.29) is 25.7 Å². The van der Waals surface area contributed by atoms with E-state index in [4.69, 9.17) is 60.6 Å². The number of aryl methyl sites for hydroxylation is 2. The first-order valence-corrected chi connectivity index (χ1v) is 24.9. The molecule has 0 saturated heterocycles. The van der Waals surface area contributed by atoms with Gasteiger partial charge in [-0.25, -0.2) is 4.79 Å². The summed E-state index contributed by atoms with van der Waals surface area (Å²) < 4.78 is 18.0. The molecule has 0 radical (unpaired) electrons. The van der Waals surface area contributed by atoms with Crippen molar-refractivity contribution in [3.63, 3.8) is 0 Å². The molecule has 0 bridgehead atoms. The summed E-state index contributed by atoms with van der Waals surface area (Å²) in [4.78, 5) is 19.5. The van der Waals surface area contributed by atoms with E-state index in [0.717, 1.165) is 122 Å². The number of hydrogen-bond acceptors (Lipinski definition) is 6. The molecule has 6 rings (SSSR count). The average Bonchev–Trinajstić information content (AvgIpc) is 3.62. The molecule has 0 N–H and O–H groups in total. The van der Waals surface area contributed by atoms with Crippen molar-refractivity contribution in [3.8, 4) is 11.5 Å². The van der Waals surface area contributed by atoms with Gasteiger partial charge in [0.2, 0.25) is 0 Å². The summed E-state index contributed by atoms with van der Waals surface area (Å²) in [6, 6.07) is 29.0. The molecule has 0 spiro atoms. The van der Waals surface area contributed by atoms with Crippen LogP contribution in [0.15, 0.2) is 97.1 Å². The monoisotopic (exact) mass is 968 g/mol. The number of nitrogens with zero attached hydrogens (tertiary/aromatic N) is 2. The number of cyclic esters (lactones) is 1. The second-order valence-corrected chi connectivity index (χ2v) is 18.7. The molecule has 1 aliphatic heterocycles. The standard InChI is InChI=1S/C56H64Cl4N2O4/c1-9-13-29-61(30-14-10-2)41-21-27-45(37(5)33-41)47(39-17-23-43(64-7)24-18-39)35-56(50-49(55(63)66-56)51(57)53(59)54(60)52(50)58)36-48(40-19-25-44(65-8)26-20-40)46-28-22-42(34-38(46)6)62(31-15-11-3)32-16-12-4/h17-28,33-36H,9-16,29-32H2,1-8H3/b47-35+,48-36+. The average molecular weight is 971 g/mol. The summed E-state index contributed by atoms with van der Waals surface area (Å²) in [7, 11) is 3.30. The molecule has 66 heavy (non-hydrogen) atoms. The van der Waals surface area contributed by atoms with Gasteiger partial charge in [0.15, 0.2) is 5.60 Å². The van der Waals surface area contributed by atoms with Gasteiger partial charge in [-0.3, -0.25) is 0 Å². The van der Waals surface area contributed by atoms with Gasteiger partial charge in [0, 0.05) is 43.1 Å². The summed E-state index contributed by atoms with van der Waals surface area (Å²) in [6.07, 6.45) is 12.8. The van der Waals surface area contributed by atoms with Crippen LogP contribution in [0.4, 0.5) is 11.4 Å². The van der Waals surface area contributed by atoms with Crippen LogP contribution in [0.2, 0.25) is 20.1 Å². The van der Waals surface area contributed by atoms with Crippen LogP contribution in [0.25, 0.3) is 11.1 Å². The Morgan fingerprint density at radius 1 is 0.561 bits per heavy atom. The Hall–Kier alpha value is -4.59. The second kappa shape index (κ2) is 23.4. The van der Waals surface area contributed by atoms with Gasteiger partial charge in [-0.2, -0.15) is 0 Å². The minimum absolute atomic E-state index is 0.0159. The van der Waals surface area contributed by atoms with Crippen molar-refractivity contribution in [2.45, 2.75) is 98.5 Å². The number of esters is 1. The summed E-state index contributed by atoms with van der Waals surface area (Å²) in [5.74, 6) is 0.745. The van der Waals surface area contributed by atoms with E-state index in [0.29, 0.717) is 17.1 Å². The third kappa shape index (κ3) is 11.2. The zero-order chi connectivity index (χ0) is 47.5. The van der Waals surface area contributed by atoms with Gasteiger partial charge < -0.3 is 24.0 Å². The van der Waals surface area contributed by atoms with Gasteiger partial charge in [0.1, 0.15) is 11.5 Å². The van der Waals surface area contributed by atoms with Gasteiger partial charge >= 0.3 is 5.97 Å². The van der Waals surface area contributed by atoms with Crippen LogP contribution in [0, 0.1) is 13.8 Å². The first-order chi connectivity index (χ1) is 31.8. The van der Waals surface area contributed by atoms with Gasteiger partial charge in [0.05, 0.1) is 39.9 Å². The van der Waals surface area contributed by atoms with E-state index in [1.165, 1.54) is 11.4 Å². The van der Waals surface area contributed by atoms with Crippen LogP contribution in [-0.4, -0.2) is 46.4 Å². The maximum absolute atomic E-state index is 14.5. The fourth-order valence-corrected chi connectivity index (χ4v) is 9.80. The Morgan fingerprint density at radius 2 is 0.939 bits per heavy atom. The number of carbonyl (C=O) groups is 1. The SMILES string of the molecule is CCCCN(CCCC)c1ccc(/C(=C/C2(/C=C(\c3ccc(OC)cc3)c3ccc(N(CCCC)CCCC)cc3C)OC(=O)c3c(Cl)c(Cl)c(Cl)c(Cl)c32)c2ccc(OC)cc2)c(C)c1. The van der Waals surface area contributed by atoms with E-state index in [1.807, 2.05) is 60.7 Å². The van der Waals surface area contributed by atoms with Crippen LogP contribution in [0.5, 0.6) is 11.5 Å². The molecule has 0 unspecified atom stereocenters. The normalized spacial score (nSPS) is 14.9. The van der Waals surface area contributed by atoms with Crippen LogP contribution in [0.3, 0.4) is 0 Å². The lowest BCUT2D eigenvalue weighted by Gasteiger charge is -2.29. The number of benzene rings is 5. The lowest BCUT2D eigenvalue weighted by molar-refractivity contribution is 0.0300. The molecular formula is C56H64Cl4N2O4. The molecule has 0 fully saturated rings. The highest BCUT2D eigenvalue weighted by molar-refractivity contribution is 6.53. The predicted molar refractivity (Wildman–Crippen MR) is 280 cm³/mol. The van der Waals surface area contributed by atoms with E-state index < -0.39 is 11.6 Å². The third-order valence-corrected chi connectivity index (χ3v) is 14.3. The van der Waals surface area contributed by atoms with E-state index in [1.54, 1.807) is 14.2 Å². The summed E-state index contributed by atoms with van der Waals surface area (Å²) in [6.45, 7) is 17.1. The van der Waals surface area contributed by atoms with Crippen molar-refractivity contribution in [2.75, 3.05) is 50.2 Å². The molecule has 0 saturated carbocycles. The van der Waals surface area contributed by atoms with Crippen LogP contribution in [0.1, 0.15) is 128 Å². The van der Waals surface area contributed by atoms with Crippen LogP contribution >= 0.6 is 46.4 Å². The smallest absolute Gasteiger partial charge is 0.341 e. The number of anilines is 2. The molecule has 1 aliphatic rings. The highest BCUT2D eigenvalue weighted by Gasteiger charge is 2.48. The van der Waals surface area contributed by atoms with Gasteiger partial charge in [-0.15, -0.1) is 0 Å². The molecular weight excluding hydrogens is 906 g/mol. The van der Waals surface area contributed by atoms with E-state index in [9.17, 15) is 4.79 Å². The molecule has 0 amide bonds. The highest BCUT2D eigenvalue weighted by atomic mass is 35.5. The molecule has 0 atom stereocenters. The maximum Gasteiger partial charge on any atom is 0.341 e. The Bertz CT molecular complexity index is 2390. The van der Waals surface area contributed by atoms with Gasteiger partial charge in [-0.1, -0.05) is 136 Å². The third-order valence-electron chi connectivity index (χ3n) is 12.5. The maximum atomic E-state index is 14.5. The van der Waals surface area contributed by atoms with Gasteiger partial charge in [-0.05, 0) is 145 Å². The molecule has 5 aromatic carbocycles. The Morgan fingerprint density at radius 3 is 1.29 bits per heavy atom. The Labute approximate surface area is 413 Å². The van der Waals surface area contributed by atoms with Crippen molar-refractivity contribution in [1.29, 1.82) is 0 Å². The predicted octanol–water partition coefficient (Wildman–Crippen LogP) is 16.4. The summed E-state index contributed by atoms with van der Waals surface area (Å²) >= 11 is 28.0. The Balaban J connectivity index is 1.70. The quantitative estimate of drug-likeness (QED) is 0.0391. The number of fused-ring (bicyclic) bond motifs is 1. The Kier molecular flexibility index (Phi) is 18.0. The molecule has 0 aromatic heterocycles. The van der Waals surface area contributed by atoms with Crippen molar-refractivity contribution >= 4 is 74.9 Å². The summed E-state index contributed by atoms with van der Waals surface area (Å²) in [5.41, 5.74) is 8.36. The topological polar surface area (TPSA) is 51.2 Å². The number of rotatable bonds is 22. The number of halogens is 4. The van der Waals surface area contributed by atoms with Crippen LogP contribution in [-0.2, 0) is 10.3 Å². The van der Waals surface area contributed by atoms with Crippen molar-refractivity contribution < 1.29 is 19.0 Å². The zero-order valence-electron chi connectivity index (χ0n) is 39.8. The fraction of sp³-hybridized carbons (Fsp3) is 0.375. The second-order valence-electron chi connectivity index (χ2n) is 17.1. The first-order valence-electron chi connectivity index (χ1n) is 23.4. The zero-order valence-corrected chi connectivity index (χ0v) is 42.8. The summed E-state index contributed by atoms with van der Waals surface area (Å²) in [5, 5.41) is 0.0685. The minimum Gasteiger partial charge on any atom is -0.497 e. The number of carbonyl (C=O) groups excluding carboxylic acids is 1. The number of hydrogen-bond donors (Lipinski definition) is 0. The lowest BCUT2D eigenvalue weighted by atomic mass is 9.81. The minimum atomic E-state index is -1.66. The largest absolute Gasteiger partial charge is 0.497 e. The molecule has 1 heterocycles. The molecule has 5 aromatic rings. The van der Waals surface area contributed by atoms with Gasteiger partial charge in [0.25, 0.3) is 0 Å². The first kappa shape index (κ1) is 50.8. The molecule has 10 heteroatoms. The van der Waals surface area contributed by atoms with E-state index in [2.05, 4.69) is 87.7 Å².